The lowest BCUT2D eigenvalue weighted by atomic mass is 10.2. The van der Waals surface area contributed by atoms with E-state index in [4.69, 9.17) is 14.2 Å². The van der Waals surface area contributed by atoms with Crippen molar-refractivity contribution < 1.29 is 14.2 Å². The van der Waals surface area contributed by atoms with Crippen LogP contribution in [0.3, 0.4) is 0 Å². The van der Waals surface area contributed by atoms with Crippen molar-refractivity contribution in [2.75, 3.05) is 40.1 Å². The van der Waals surface area contributed by atoms with E-state index in [1.54, 1.807) is 7.11 Å². The van der Waals surface area contributed by atoms with Gasteiger partial charge in [0.15, 0.2) is 0 Å². The summed E-state index contributed by atoms with van der Waals surface area (Å²) in [4.78, 5) is 0. The second-order valence-corrected chi connectivity index (χ2v) is 4.94. The summed E-state index contributed by atoms with van der Waals surface area (Å²) in [5.41, 5.74) is 1.25. The first-order chi connectivity index (χ1) is 9.72. The highest BCUT2D eigenvalue weighted by molar-refractivity contribution is 5.26. The molecule has 1 aromatic rings. The van der Waals surface area contributed by atoms with E-state index >= 15 is 0 Å². The zero-order valence-corrected chi connectivity index (χ0v) is 12.9. The second-order valence-electron chi connectivity index (χ2n) is 4.94. The van der Waals surface area contributed by atoms with Gasteiger partial charge in [-0.1, -0.05) is 17.7 Å². The summed E-state index contributed by atoms with van der Waals surface area (Å²) in [5, 5.41) is 3.42. The van der Waals surface area contributed by atoms with Crippen LogP contribution < -0.4 is 10.1 Å². The minimum Gasteiger partial charge on any atom is -0.492 e. The number of nitrogens with one attached hydrogen (secondary N) is 1. The van der Waals surface area contributed by atoms with E-state index in [1.165, 1.54) is 5.56 Å². The minimum absolute atomic E-state index is 0.329. The quantitative estimate of drug-likeness (QED) is 0.632. The number of methoxy groups -OCH3 is 1. The third-order valence-corrected chi connectivity index (χ3v) is 2.91. The maximum atomic E-state index is 5.72. The maximum absolute atomic E-state index is 5.72. The Bertz CT molecular complexity index is 340. The van der Waals surface area contributed by atoms with E-state index in [2.05, 4.69) is 31.3 Å². The predicted octanol–water partition coefficient (Wildman–Crippen LogP) is 2.41. The van der Waals surface area contributed by atoms with Gasteiger partial charge in [-0.15, -0.1) is 0 Å². The van der Waals surface area contributed by atoms with Crippen molar-refractivity contribution in [2.24, 2.45) is 0 Å². The molecule has 1 aromatic carbocycles. The number of hydrogen-bond acceptors (Lipinski definition) is 4. The van der Waals surface area contributed by atoms with Crippen LogP contribution in [0.2, 0.25) is 0 Å². The zero-order chi connectivity index (χ0) is 14.6. The van der Waals surface area contributed by atoms with Gasteiger partial charge in [-0.3, -0.25) is 0 Å². The number of hydrogen-bond donors (Lipinski definition) is 1. The first-order valence-corrected chi connectivity index (χ1v) is 7.22. The molecule has 0 fully saturated rings. The Morgan fingerprint density at radius 1 is 1.10 bits per heavy atom. The third-order valence-electron chi connectivity index (χ3n) is 2.91. The molecule has 0 saturated carbocycles. The molecule has 0 aliphatic heterocycles. The van der Waals surface area contributed by atoms with E-state index in [1.807, 2.05) is 12.1 Å². The van der Waals surface area contributed by atoms with Gasteiger partial charge in [0.1, 0.15) is 12.4 Å². The molecule has 0 amide bonds. The Morgan fingerprint density at radius 3 is 2.55 bits per heavy atom. The summed E-state index contributed by atoms with van der Waals surface area (Å²) in [5.74, 6) is 0.923. The van der Waals surface area contributed by atoms with E-state index in [0.29, 0.717) is 25.9 Å². The smallest absolute Gasteiger partial charge is 0.119 e. The van der Waals surface area contributed by atoms with Crippen molar-refractivity contribution in [3.05, 3.63) is 29.8 Å². The van der Waals surface area contributed by atoms with Gasteiger partial charge in [-0.05, 0) is 38.9 Å². The van der Waals surface area contributed by atoms with Crippen LogP contribution in [0.5, 0.6) is 5.75 Å². The number of aryl methyl sites for hydroxylation is 1. The fourth-order valence-electron chi connectivity index (χ4n) is 1.68. The summed E-state index contributed by atoms with van der Waals surface area (Å²) < 4.78 is 16.0. The first kappa shape index (κ1) is 17.0. The molecular weight excluding hydrogens is 254 g/mol. The van der Waals surface area contributed by atoms with Gasteiger partial charge in [0.2, 0.25) is 0 Å². The van der Waals surface area contributed by atoms with Crippen LogP contribution >= 0.6 is 0 Å². The van der Waals surface area contributed by atoms with Gasteiger partial charge >= 0.3 is 0 Å². The summed E-state index contributed by atoms with van der Waals surface area (Å²) in [6.45, 7) is 7.90. The molecule has 1 atom stereocenters. The van der Waals surface area contributed by atoms with Crippen molar-refractivity contribution in [1.29, 1.82) is 0 Å². The van der Waals surface area contributed by atoms with Crippen LogP contribution in [-0.4, -0.2) is 46.1 Å². The molecule has 4 nitrogen and oxygen atoms in total. The van der Waals surface area contributed by atoms with Crippen molar-refractivity contribution in [3.8, 4) is 5.75 Å². The molecule has 0 bridgehead atoms. The van der Waals surface area contributed by atoms with Crippen LogP contribution in [0.15, 0.2) is 24.3 Å². The highest BCUT2D eigenvalue weighted by atomic mass is 16.5. The summed E-state index contributed by atoms with van der Waals surface area (Å²) >= 11 is 0. The highest BCUT2D eigenvalue weighted by Crippen LogP contribution is 2.11. The van der Waals surface area contributed by atoms with Gasteiger partial charge < -0.3 is 19.5 Å². The fourth-order valence-corrected chi connectivity index (χ4v) is 1.68. The van der Waals surface area contributed by atoms with Crippen molar-refractivity contribution in [2.45, 2.75) is 26.3 Å². The molecule has 1 unspecified atom stereocenters. The lowest BCUT2D eigenvalue weighted by Gasteiger charge is -2.15. The molecule has 4 heteroatoms. The van der Waals surface area contributed by atoms with Crippen LogP contribution in [0.25, 0.3) is 0 Å². The molecule has 1 rings (SSSR count). The molecule has 0 aromatic heterocycles. The van der Waals surface area contributed by atoms with Crippen LogP contribution in [0, 0.1) is 6.92 Å². The molecule has 114 valence electrons. The zero-order valence-electron chi connectivity index (χ0n) is 12.9. The Kier molecular flexibility index (Phi) is 9.04. The molecule has 0 aliphatic rings. The van der Waals surface area contributed by atoms with Crippen LogP contribution in [0.4, 0.5) is 0 Å². The van der Waals surface area contributed by atoms with E-state index in [-0.39, 0.29) is 0 Å². The average Bonchev–Trinajstić information content (AvgIpc) is 2.46. The normalized spacial score (nSPS) is 12.3. The van der Waals surface area contributed by atoms with Gasteiger partial charge in [-0.25, -0.2) is 0 Å². The first-order valence-electron chi connectivity index (χ1n) is 7.22. The molecule has 0 saturated heterocycles. The van der Waals surface area contributed by atoms with E-state index in [9.17, 15) is 0 Å². The van der Waals surface area contributed by atoms with Gasteiger partial charge in [0, 0.05) is 19.8 Å². The Labute approximate surface area is 122 Å². The lowest BCUT2D eigenvalue weighted by molar-refractivity contribution is 0.0691. The standard InChI is InChI=1S/C16H27NO3/c1-14-5-7-16(8-6-14)20-13-15(2)17-9-4-10-19-12-11-18-3/h5-8,15,17H,4,9-13H2,1-3H3. The Morgan fingerprint density at radius 2 is 1.85 bits per heavy atom. The SMILES string of the molecule is COCCOCCCNC(C)COc1ccc(C)cc1. The molecular formula is C16H27NO3. The Balaban J connectivity index is 2.00. The number of rotatable bonds is 11. The van der Waals surface area contributed by atoms with Gasteiger partial charge in [0.05, 0.1) is 13.2 Å². The fraction of sp³-hybridized carbons (Fsp3) is 0.625. The summed E-state index contributed by atoms with van der Waals surface area (Å²) in [6.07, 6.45) is 0.999. The summed E-state index contributed by atoms with van der Waals surface area (Å²) in [7, 11) is 1.68. The highest BCUT2D eigenvalue weighted by Gasteiger charge is 2.02. The van der Waals surface area contributed by atoms with Crippen LogP contribution in [-0.2, 0) is 9.47 Å². The predicted molar refractivity (Wildman–Crippen MR) is 81.5 cm³/mol. The number of ether oxygens (including phenoxy) is 3. The summed E-state index contributed by atoms with van der Waals surface area (Å²) in [6, 6.07) is 8.46. The molecule has 0 radical (unpaired) electrons. The van der Waals surface area contributed by atoms with Crippen molar-refractivity contribution in [3.63, 3.8) is 0 Å². The Hall–Kier alpha value is -1.10. The molecule has 20 heavy (non-hydrogen) atoms. The maximum Gasteiger partial charge on any atom is 0.119 e. The van der Waals surface area contributed by atoms with E-state index in [0.717, 1.165) is 25.3 Å². The monoisotopic (exact) mass is 281 g/mol. The van der Waals surface area contributed by atoms with Crippen molar-refractivity contribution in [1.82, 2.24) is 5.32 Å². The van der Waals surface area contributed by atoms with Crippen molar-refractivity contribution >= 4 is 0 Å². The second kappa shape index (κ2) is 10.7. The largest absolute Gasteiger partial charge is 0.492 e. The van der Waals surface area contributed by atoms with E-state index < -0.39 is 0 Å². The van der Waals surface area contributed by atoms with Gasteiger partial charge in [-0.2, -0.15) is 0 Å². The third kappa shape index (κ3) is 8.15. The molecule has 0 spiro atoms. The number of benzene rings is 1. The van der Waals surface area contributed by atoms with Crippen LogP contribution in [0.1, 0.15) is 18.9 Å². The van der Waals surface area contributed by atoms with Gasteiger partial charge in [0.25, 0.3) is 0 Å². The minimum atomic E-state index is 0.329. The average molecular weight is 281 g/mol. The molecule has 0 aliphatic carbocycles. The molecule has 1 N–H and O–H groups in total. The topological polar surface area (TPSA) is 39.7 Å². The lowest BCUT2D eigenvalue weighted by Crippen LogP contribution is -2.33. The molecule has 0 heterocycles.